The van der Waals surface area contributed by atoms with Crippen molar-refractivity contribution in [2.75, 3.05) is 0 Å². The molecule has 0 amide bonds. The van der Waals surface area contributed by atoms with E-state index in [4.69, 9.17) is 0 Å². The Bertz CT molecular complexity index is 302. The van der Waals surface area contributed by atoms with Gasteiger partial charge in [0.1, 0.15) is 6.29 Å². The summed E-state index contributed by atoms with van der Waals surface area (Å²) in [5.74, 6) is 0. The Kier molecular flexibility index (Phi) is 19.2. The first-order chi connectivity index (χ1) is 11.8. The summed E-state index contributed by atoms with van der Waals surface area (Å²) in [5.41, 5.74) is 0.493. The quantitative estimate of drug-likeness (QED) is 0.131. The average molecular weight is 338 g/mol. The lowest BCUT2D eigenvalue weighted by molar-refractivity contribution is -0.107. The third kappa shape index (κ3) is 19.1. The van der Waals surface area contributed by atoms with E-state index in [1.807, 2.05) is 0 Å². The summed E-state index contributed by atoms with van der Waals surface area (Å²) in [5, 5.41) is 2.85. The van der Waals surface area contributed by atoms with Gasteiger partial charge in [0, 0.05) is 6.42 Å². The summed E-state index contributed by atoms with van der Waals surface area (Å²) in [6, 6.07) is 0. The van der Waals surface area contributed by atoms with E-state index in [9.17, 15) is 9.70 Å². The molecule has 0 aliphatic carbocycles. The minimum absolute atomic E-state index is 0.493. The van der Waals surface area contributed by atoms with Crippen LogP contribution in [0.4, 0.5) is 0 Å². The van der Waals surface area contributed by atoms with E-state index in [0.29, 0.717) is 5.70 Å². The summed E-state index contributed by atoms with van der Waals surface area (Å²) in [6.07, 6.45) is 23.4. The molecule has 24 heavy (non-hydrogen) atoms. The van der Waals surface area contributed by atoms with E-state index in [1.165, 1.54) is 89.9 Å². The molecule has 0 spiro atoms. The van der Waals surface area contributed by atoms with Crippen molar-refractivity contribution in [3.05, 3.63) is 17.2 Å². The van der Waals surface area contributed by atoms with E-state index in [0.717, 1.165) is 32.0 Å². The topological polar surface area (TPSA) is 46.5 Å². The first-order valence-corrected chi connectivity index (χ1v) is 10.3. The van der Waals surface area contributed by atoms with Crippen LogP contribution in [0.15, 0.2) is 17.5 Å². The molecule has 0 saturated heterocycles. The number of carbonyl (C=O) groups excluding carboxylic acids is 1. The zero-order valence-electron chi connectivity index (χ0n) is 15.8. The predicted molar refractivity (Wildman–Crippen MR) is 104 cm³/mol. The lowest BCUT2D eigenvalue weighted by Gasteiger charge is -2.03. The molecule has 0 aromatic rings. The van der Waals surface area contributed by atoms with Crippen molar-refractivity contribution in [1.82, 2.24) is 0 Å². The molecule has 0 saturated carbocycles. The number of hydrogen-bond acceptors (Lipinski definition) is 3. The van der Waals surface area contributed by atoms with Gasteiger partial charge in [-0.15, -0.1) is 4.91 Å². The minimum atomic E-state index is 0.493. The number of unbranched alkanes of at least 4 members (excludes halogenated alkanes) is 16. The van der Waals surface area contributed by atoms with Crippen molar-refractivity contribution in [1.29, 1.82) is 0 Å². The van der Waals surface area contributed by atoms with Crippen molar-refractivity contribution in [2.45, 2.75) is 116 Å². The number of hydrogen-bond donors (Lipinski definition) is 0. The summed E-state index contributed by atoms with van der Waals surface area (Å²) < 4.78 is 0. The highest BCUT2D eigenvalue weighted by atomic mass is 16.3. The van der Waals surface area contributed by atoms with E-state index in [-0.39, 0.29) is 0 Å². The number of carbonyl (C=O) groups is 1. The van der Waals surface area contributed by atoms with E-state index in [1.54, 1.807) is 0 Å². The lowest BCUT2D eigenvalue weighted by Crippen LogP contribution is -1.84. The molecule has 3 nitrogen and oxygen atoms in total. The maximum Gasteiger partial charge on any atom is 0.119 e. The molecule has 0 heterocycles. The second kappa shape index (κ2) is 20.1. The molecule has 0 radical (unpaired) electrons. The largest absolute Gasteiger partial charge is 0.303 e. The Morgan fingerprint density at radius 1 is 0.625 bits per heavy atom. The molecule has 0 rings (SSSR count). The predicted octanol–water partition coefficient (Wildman–Crippen LogP) is 7.49. The van der Waals surface area contributed by atoms with Gasteiger partial charge in [-0.3, -0.25) is 0 Å². The van der Waals surface area contributed by atoms with Crippen molar-refractivity contribution in [2.24, 2.45) is 5.18 Å². The van der Waals surface area contributed by atoms with Gasteiger partial charge in [0.05, 0.1) is 5.70 Å². The van der Waals surface area contributed by atoms with Crippen molar-refractivity contribution in [3.63, 3.8) is 0 Å². The van der Waals surface area contributed by atoms with Gasteiger partial charge in [-0.25, -0.2) is 0 Å². The number of aldehydes is 1. The summed E-state index contributed by atoms with van der Waals surface area (Å²) in [6.45, 7) is 3.60. The lowest BCUT2D eigenvalue weighted by atomic mass is 10.0. The normalized spacial score (nSPS) is 10.7. The first-order valence-electron chi connectivity index (χ1n) is 10.3. The number of nitroso groups, excluding NO2 is 1. The molecule has 0 fully saturated rings. The van der Waals surface area contributed by atoms with Gasteiger partial charge >= 0.3 is 0 Å². The molecule has 0 aromatic heterocycles. The molecule has 0 aliphatic rings. The fraction of sp³-hybridized carbons (Fsp3) is 0.857. The van der Waals surface area contributed by atoms with Crippen LogP contribution in [0.2, 0.25) is 0 Å². The van der Waals surface area contributed by atoms with Crippen LogP contribution in [-0.4, -0.2) is 6.29 Å². The monoisotopic (exact) mass is 337 g/mol. The molecule has 0 aromatic carbocycles. The van der Waals surface area contributed by atoms with Crippen molar-refractivity contribution >= 4 is 6.29 Å². The van der Waals surface area contributed by atoms with Crippen LogP contribution < -0.4 is 0 Å². The zero-order valence-corrected chi connectivity index (χ0v) is 15.8. The molecule has 0 unspecified atom stereocenters. The van der Waals surface area contributed by atoms with Crippen molar-refractivity contribution < 1.29 is 4.79 Å². The van der Waals surface area contributed by atoms with Crippen LogP contribution in [0.25, 0.3) is 0 Å². The van der Waals surface area contributed by atoms with E-state index >= 15 is 0 Å². The number of nitrogens with zero attached hydrogens (tertiary/aromatic N) is 1. The molecule has 0 bridgehead atoms. The fourth-order valence-electron chi connectivity index (χ4n) is 3.08. The summed E-state index contributed by atoms with van der Waals surface area (Å²) in [7, 11) is 0. The van der Waals surface area contributed by atoms with Gasteiger partial charge in [0.2, 0.25) is 0 Å². The van der Waals surface area contributed by atoms with E-state index < -0.39 is 0 Å². The maximum absolute atomic E-state index is 10.2. The van der Waals surface area contributed by atoms with Crippen LogP contribution in [0.5, 0.6) is 0 Å². The Hall–Kier alpha value is -0.990. The second-order valence-electron chi connectivity index (χ2n) is 7.02. The molecule has 0 N–H and O–H groups in total. The van der Waals surface area contributed by atoms with Gasteiger partial charge < -0.3 is 4.79 Å². The third-order valence-corrected chi connectivity index (χ3v) is 4.67. The Morgan fingerprint density at radius 3 is 1.29 bits per heavy atom. The number of rotatable bonds is 20. The smallest absolute Gasteiger partial charge is 0.119 e. The standard InChI is InChI=1S/C21H39NO2/c1-21(22-24)19-17-15-13-11-9-7-5-3-2-4-6-8-10-12-14-16-18-20-23/h20H,1-19H2. The zero-order chi connectivity index (χ0) is 17.7. The Morgan fingerprint density at radius 2 is 0.958 bits per heavy atom. The second-order valence-corrected chi connectivity index (χ2v) is 7.02. The molecule has 0 atom stereocenters. The molecule has 3 heteroatoms. The van der Waals surface area contributed by atoms with Gasteiger partial charge in [-0.2, -0.15) is 0 Å². The van der Waals surface area contributed by atoms with Gasteiger partial charge in [0.25, 0.3) is 0 Å². The van der Waals surface area contributed by atoms with Crippen LogP contribution in [0.1, 0.15) is 116 Å². The van der Waals surface area contributed by atoms with Crippen molar-refractivity contribution in [3.8, 4) is 0 Å². The highest BCUT2D eigenvalue weighted by Gasteiger charge is 1.96. The van der Waals surface area contributed by atoms with Crippen LogP contribution in [0, 0.1) is 4.91 Å². The summed E-state index contributed by atoms with van der Waals surface area (Å²) in [4.78, 5) is 20.3. The van der Waals surface area contributed by atoms with Gasteiger partial charge in [-0.1, -0.05) is 96.5 Å². The summed E-state index contributed by atoms with van der Waals surface area (Å²) >= 11 is 0. The maximum atomic E-state index is 10.2. The molecule has 0 aliphatic heterocycles. The van der Waals surface area contributed by atoms with Gasteiger partial charge in [-0.05, 0) is 24.4 Å². The van der Waals surface area contributed by atoms with Crippen LogP contribution >= 0.6 is 0 Å². The average Bonchev–Trinajstić information content (AvgIpc) is 2.60. The fourth-order valence-corrected chi connectivity index (χ4v) is 3.08. The number of allylic oxidation sites excluding steroid dienone is 1. The Balaban J connectivity index is 3.01. The molecular formula is C21H39NO2. The third-order valence-electron chi connectivity index (χ3n) is 4.67. The highest BCUT2D eigenvalue weighted by molar-refractivity contribution is 5.48. The SMILES string of the molecule is C=C(CCCCCCCCCCCCCCCCCCC=O)N=O. The minimum Gasteiger partial charge on any atom is -0.303 e. The van der Waals surface area contributed by atoms with Gasteiger partial charge in [0.15, 0.2) is 0 Å². The highest BCUT2D eigenvalue weighted by Crippen LogP contribution is 2.15. The Labute approximate surface area is 149 Å². The van der Waals surface area contributed by atoms with Crippen LogP contribution in [-0.2, 0) is 4.79 Å². The van der Waals surface area contributed by atoms with E-state index in [2.05, 4.69) is 11.8 Å². The first kappa shape index (κ1) is 23.0. The molecular weight excluding hydrogens is 298 g/mol. The van der Waals surface area contributed by atoms with Crippen LogP contribution in [0.3, 0.4) is 0 Å². The molecule has 140 valence electrons.